The van der Waals surface area contributed by atoms with Crippen LogP contribution in [0.3, 0.4) is 0 Å². The number of carbonyl (C=O) groups is 2. The van der Waals surface area contributed by atoms with Crippen LogP contribution in [-0.4, -0.2) is 18.0 Å². The molecule has 1 atom stereocenters. The Morgan fingerprint density at radius 3 is 2.27 bits per heavy atom. The second kappa shape index (κ2) is 6.19. The molecule has 68 valence electrons. The summed E-state index contributed by atoms with van der Waals surface area (Å²) in [6.07, 6.45) is -0.968. The van der Waals surface area contributed by atoms with Crippen LogP contribution >= 0.6 is 0 Å². The first-order chi connectivity index (χ1) is 4.57. The van der Waals surface area contributed by atoms with Crippen molar-refractivity contribution < 1.29 is 36.5 Å². The van der Waals surface area contributed by atoms with Crippen LogP contribution < -0.4 is 5.11 Å². The van der Waals surface area contributed by atoms with E-state index in [1.165, 1.54) is 6.92 Å². The van der Waals surface area contributed by atoms with Crippen molar-refractivity contribution in [1.82, 2.24) is 0 Å². The predicted octanol–water partition coefficient (Wildman–Crippen LogP) is -0.924. The number of carbonyl (C=O) groups excluding carboxylic acids is 2. The largest absolute Gasteiger partial charge is 1.00 e. The molecule has 0 aliphatic heterocycles. The molecule has 0 aliphatic carbocycles. The first-order valence-electron chi connectivity index (χ1n) is 2.98. The maximum Gasteiger partial charge on any atom is 1.00 e. The zero-order valence-electron chi connectivity index (χ0n) is 6.22. The number of rotatable bonds is 3. The number of hydrogen-bond donors (Lipinski definition) is 0. The van der Waals surface area contributed by atoms with Gasteiger partial charge in [-0.15, -0.1) is 0 Å². The van der Waals surface area contributed by atoms with Gasteiger partial charge in [-0.05, 0) is 6.92 Å². The summed E-state index contributed by atoms with van der Waals surface area (Å²) in [5.74, 6) is -1.90. The Morgan fingerprint density at radius 2 is 2.00 bits per heavy atom. The number of hydrogen-bond acceptors (Lipinski definition) is 4. The number of carboxylic acid groups (broad SMARTS) is 1. The predicted molar refractivity (Wildman–Crippen MR) is 30.9 cm³/mol. The molecule has 0 N–H and O–H groups in total. The van der Waals surface area contributed by atoms with Gasteiger partial charge in [-0.3, -0.25) is 4.79 Å². The number of carboxylic acids is 1. The molecule has 0 aliphatic rings. The van der Waals surface area contributed by atoms with Crippen LogP contribution in [0.4, 0.5) is 0 Å². The van der Waals surface area contributed by atoms with Crippen LogP contribution in [-0.2, 0) is 31.4 Å². The van der Waals surface area contributed by atoms with E-state index in [4.69, 9.17) is 0 Å². The van der Waals surface area contributed by atoms with E-state index in [2.05, 4.69) is 4.74 Å². The van der Waals surface area contributed by atoms with Gasteiger partial charge in [0.25, 0.3) is 0 Å². The average Bonchev–Trinajstić information content (AvgIpc) is 1.87. The van der Waals surface area contributed by atoms with Crippen molar-refractivity contribution in [3.63, 3.8) is 0 Å². The second-order valence-electron chi connectivity index (χ2n) is 1.80. The third-order valence-electron chi connectivity index (χ3n) is 0.929. The van der Waals surface area contributed by atoms with E-state index in [0.717, 1.165) is 0 Å². The number of ether oxygens (including phenoxy) is 1. The fraction of sp³-hybridized carbons (Fsp3) is 0.667. The maximum atomic E-state index is 10.4. The first-order valence-corrected chi connectivity index (χ1v) is 2.98. The van der Waals surface area contributed by atoms with Crippen LogP contribution in [0.5, 0.6) is 0 Å². The van der Waals surface area contributed by atoms with Crippen molar-refractivity contribution in [2.24, 2.45) is 0 Å². The molecule has 0 saturated heterocycles. The fourth-order valence-corrected chi connectivity index (χ4v) is 0.329. The zero-order valence-corrected chi connectivity index (χ0v) is 7.16. The summed E-state index contributed by atoms with van der Waals surface area (Å²) in [5, 5.41) is 9.96. The molecule has 1 unspecified atom stereocenters. The van der Waals surface area contributed by atoms with Crippen LogP contribution in [0.25, 0.3) is 0 Å². The molecule has 5 heteroatoms. The summed E-state index contributed by atoms with van der Waals surface area (Å²) in [7, 11) is 0. The Hall–Kier alpha value is -0.541. The molecule has 0 spiro atoms. The van der Waals surface area contributed by atoms with Gasteiger partial charge in [0.1, 0.15) is 6.10 Å². The van der Waals surface area contributed by atoms with Crippen molar-refractivity contribution >= 4 is 11.9 Å². The molecule has 0 aromatic heterocycles. The van der Waals surface area contributed by atoms with Gasteiger partial charge in [0, 0.05) is 6.42 Å². The van der Waals surface area contributed by atoms with Crippen molar-refractivity contribution in [2.75, 3.05) is 0 Å². The molecule has 0 fully saturated rings. The molecule has 4 nitrogen and oxygen atoms in total. The monoisotopic (exact) mass is 208 g/mol. The molecule has 0 aromatic rings. The van der Waals surface area contributed by atoms with Gasteiger partial charge in [-0.1, -0.05) is 6.92 Å². The van der Waals surface area contributed by atoms with Crippen molar-refractivity contribution in [1.29, 1.82) is 0 Å². The fourth-order valence-electron chi connectivity index (χ4n) is 0.329. The minimum absolute atomic E-state index is 0. The molecule has 0 radical (unpaired) electrons. The minimum atomic E-state index is -1.37. The smallest absolute Gasteiger partial charge is 0.546 e. The molecule has 0 aromatic carbocycles. The second-order valence-corrected chi connectivity index (χ2v) is 1.80. The number of aliphatic carboxylic acids is 1. The Balaban J connectivity index is 0. The maximum absolute atomic E-state index is 10.4. The first kappa shape index (κ1) is 13.1. The summed E-state index contributed by atoms with van der Waals surface area (Å²) in [4.78, 5) is 20.4. The third kappa shape index (κ3) is 5.88. The Morgan fingerprint density at radius 1 is 1.55 bits per heavy atom. The van der Waals surface area contributed by atoms with E-state index in [1.807, 2.05) is 0 Å². The van der Waals surface area contributed by atoms with Gasteiger partial charge in [-0.2, -0.15) is 0 Å². The molecule has 0 saturated carbocycles. The minimum Gasteiger partial charge on any atom is -0.546 e. The molecule has 0 heterocycles. The van der Waals surface area contributed by atoms with Crippen LogP contribution in [0.1, 0.15) is 20.3 Å². The summed E-state index contributed by atoms with van der Waals surface area (Å²) < 4.78 is 4.36. The van der Waals surface area contributed by atoms with Crippen LogP contribution in [0, 0.1) is 0 Å². The van der Waals surface area contributed by atoms with E-state index in [1.54, 1.807) is 6.92 Å². The van der Waals surface area contributed by atoms with E-state index < -0.39 is 18.0 Å². The molecule has 0 bridgehead atoms. The molecular weight excluding hydrogens is 200 g/mol. The number of esters is 1. The summed E-state index contributed by atoms with van der Waals surface area (Å²) in [6, 6.07) is 0. The van der Waals surface area contributed by atoms with Gasteiger partial charge in [-0.25, -0.2) is 0 Å². The van der Waals surface area contributed by atoms with E-state index >= 15 is 0 Å². The van der Waals surface area contributed by atoms with Gasteiger partial charge in [0.05, 0.1) is 5.97 Å². The van der Waals surface area contributed by atoms with Gasteiger partial charge < -0.3 is 14.6 Å². The van der Waals surface area contributed by atoms with Gasteiger partial charge in [0.2, 0.25) is 0 Å². The molecule has 0 amide bonds. The van der Waals surface area contributed by atoms with Crippen molar-refractivity contribution in [3.05, 3.63) is 0 Å². The van der Waals surface area contributed by atoms with Crippen LogP contribution in [0.2, 0.25) is 0 Å². The topological polar surface area (TPSA) is 66.4 Å². The summed E-state index contributed by atoms with van der Waals surface area (Å²) >= 11 is 0. The quantitative estimate of drug-likeness (QED) is 0.444. The zero-order chi connectivity index (χ0) is 8.15. The van der Waals surface area contributed by atoms with Gasteiger partial charge in [0.15, 0.2) is 0 Å². The molecule has 0 rings (SSSR count). The normalized spacial score (nSPS) is 11.1. The average molecular weight is 209 g/mol. The SMILES string of the molecule is CCC(=O)OC(C)C(=O)[O-].[Cu+]. The Labute approximate surface area is 75.4 Å². The van der Waals surface area contributed by atoms with Gasteiger partial charge >= 0.3 is 23.0 Å². The standard InChI is InChI=1S/C6H10O4.Cu/c1-3-5(7)10-4(2)6(8)9;/h4H,3H2,1-2H3,(H,8,9);/q;+1/p-1. The van der Waals surface area contributed by atoms with Crippen molar-refractivity contribution in [3.8, 4) is 0 Å². The van der Waals surface area contributed by atoms with E-state index in [0.29, 0.717) is 0 Å². The summed E-state index contributed by atoms with van der Waals surface area (Å²) in [6.45, 7) is 2.84. The van der Waals surface area contributed by atoms with E-state index in [9.17, 15) is 14.7 Å². The summed E-state index contributed by atoms with van der Waals surface area (Å²) in [5.41, 5.74) is 0. The molecular formula is C6H9CuO4. The Kier molecular flexibility index (Phi) is 7.36. The van der Waals surface area contributed by atoms with Crippen molar-refractivity contribution in [2.45, 2.75) is 26.4 Å². The Bertz CT molecular complexity index is 146. The third-order valence-corrected chi connectivity index (χ3v) is 0.929. The van der Waals surface area contributed by atoms with E-state index in [-0.39, 0.29) is 23.5 Å². The molecule has 11 heavy (non-hydrogen) atoms. The van der Waals surface area contributed by atoms with Crippen LogP contribution in [0.15, 0.2) is 0 Å².